The van der Waals surface area contributed by atoms with Gasteiger partial charge in [-0.25, -0.2) is 19.2 Å². The summed E-state index contributed by atoms with van der Waals surface area (Å²) in [6.45, 7) is 0.557. The fraction of sp³-hybridized carbons (Fsp3) is 0.300. The number of ether oxygens (including phenoxy) is 5. The maximum Gasteiger partial charge on any atom is 0.344 e. The number of phenols is 6. The second-order valence-corrected chi connectivity index (χ2v) is 15.2. The van der Waals surface area contributed by atoms with E-state index in [9.17, 15) is 75.3 Å². The van der Waals surface area contributed by atoms with Crippen molar-refractivity contribution >= 4 is 65.4 Å². The van der Waals surface area contributed by atoms with Crippen molar-refractivity contribution in [2.75, 3.05) is 6.61 Å². The molecular weight excluding hydrogens is 864 g/mol. The largest absolute Gasteiger partial charge is 0.504 e. The highest BCUT2D eigenvalue weighted by atomic mass is 16.7. The Kier molecular flexibility index (Phi) is 9.06. The van der Waals surface area contributed by atoms with Gasteiger partial charge in [0, 0.05) is 21.5 Å². The van der Waals surface area contributed by atoms with Gasteiger partial charge in [0.15, 0.2) is 51.6 Å². The topological polar surface area (TPSA) is 390 Å². The standard InChI is InChI=1S/C40H30O24/c1-7-30(27(49)29(51)39(57-7)58-15-5-11-20-18-9(36(53)63-34(20)25(15)47)3-13(42)22(44)32(18)61-38(11)55)64-40-28(50)26(48)23(45)16(59-40)6-56-14-4-10-19-17-8(35(52)62-33(19)24(14)46)2-12(41)21(43)31(17)60-37(10)54/h2-5,7,16,23,26-30,39-51H,6H2,1H3. The number of aromatic hydroxyl groups is 6. The van der Waals surface area contributed by atoms with Crippen molar-refractivity contribution in [3.05, 3.63) is 65.9 Å². The van der Waals surface area contributed by atoms with E-state index < -0.39 is 159 Å². The molecule has 0 aliphatic carbocycles. The van der Waals surface area contributed by atoms with E-state index >= 15 is 0 Å². The summed E-state index contributed by atoms with van der Waals surface area (Å²) >= 11 is 0. The first-order chi connectivity index (χ1) is 30.4. The summed E-state index contributed by atoms with van der Waals surface area (Å²) in [5.41, 5.74) is -6.79. The maximum absolute atomic E-state index is 13.1. The summed E-state index contributed by atoms with van der Waals surface area (Å²) in [4.78, 5) is 51.8. The first-order valence-electron chi connectivity index (χ1n) is 18.9. The van der Waals surface area contributed by atoms with Crippen LogP contribution in [-0.2, 0) is 14.2 Å². The van der Waals surface area contributed by atoms with Crippen LogP contribution in [0.15, 0.2) is 61.1 Å². The van der Waals surface area contributed by atoms with Crippen LogP contribution in [0.5, 0.6) is 46.0 Å². The zero-order chi connectivity index (χ0) is 45.5. The SMILES string of the molecule is CC1OC(Oc2cc3c(=O)oc4c(O)c(O)cc5c(=O)oc(c2O)c3c45)C(O)C(O)C1OC1OC(COc2cc3c(=O)oc4c(O)c(O)cc5c(=O)oc(c2O)c3c45)C(O)C(O)C1O. The van der Waals surface area contributed by atoms with Crippen LogP contribution < -0.4 is 32.0 Å². The summed E-state index contributed by atoms with van der Waals surface area (Å²) in [5.74, 6) is -6.15. The Balaban J connectivity index is 0.887. The predicted molar refractivity (Wildman–Crippen MR) is 208 cm³/mol. The van der Waals surface area contributed by atoms with Gasteiger partial charge < -0.3 is 97.5 Å². The number of hydrogen-bond acceptors (Lipinski definition) is 24. The molecule has 0 bridgehead atoms. The zero-order valence-electron chi connectivity index (χ0n) is 32.0. The Bertz CT molecular complexity index is 3460. The summed E-state index contributed by atoms with van der Waals surface area (Å²) in [6, 6.07) is 3.70. The molecule has 334 valence electrons. The lowest BCUT2D eigenvalue weighted by molar-refractivity contribution is -0.348. The van der Waals surface area contributed by atoms with Gasteiger partial charge in [-0.05, 0) is 31.2 Å². The van der Waals surface area contributed by atoms with Crippen molar-refractivity contribution in [2.24, 2.45) is 0 Å². The summed E-state index contributed by atoms with van der Waals surface area (Å²) in [6.07, 6.45) is -18.2. The molecule has 0 spiro atoms. The number of aliphatic hydroxyl groups is 5. The van der Waals surface area contributed by atoms with Crippen LogP contribution in [0.25, 0.3) is 65.4 Å². The summed E-state index contributed by atoms with van der Waals surface area (Å²) in [7, 11) is 0. The average Bonchev–Trinajstić information content (AvgIpc) is 3.25. The Hall–Kier alpha value is -7.16. The van der Waals surface area contributed by atoms with E-state index in [-0.39, 0.29) is 43.1 Å². The lowest BCUT2D eigenvalue weighted by atomic mass is 9.97. The lowest BCUT2D eigenvalue weighted by Gasteiger charge is -2.45. The fourth-order valence-corrected chi connectivity index (χ4v) is 8.25. The fourth-order valence-electron chi connectivity index (χ4n) is 8.25. The van der Waals surface area contributed by atoms with Crippen LogP contribution in [0.2, 0.25) is 0 Å². The highest BCUT2D eigenvalue weighted by molar-refractivity contribution is 6.23. The first kappa shape index (κ1) is 40.9. The Labute approximate surface area is 349 Å². The third-order valence-electron chi connectivity index (χ3n) is 11.5. The summed E-state index contributed by atoms with van der Waals surface area (Å²) in [5, 5.41) is 116. The molecule has 0 saturated carbocycles. The molecule has 24 heteroatoms. The van der Waals surface area contributed by atoms with Crippen LogP contribution >= 0.6 is 0 Å². The maximum atomic E-state index is 13.1. The van der Waals surface area contributed by atoms with Gasteiger partial charge in [0.1, 0.15) is 49.3 Å². The zero-order valence-corrected chi connectivity index (χ0v) is 32.0. The minimum Gasteiger partial charge on any atom is -0.504 e. The van der Waals surface area contributed by atoms with Crippen molar-refractivity contribution in [3.8, 4) is 46.0 Å². The normalized spacial score (nSPS) is 26.6. The second kappa shape index (κ2) is 14.2. The number of aliphatic hydroxyl groups excluding tert-OH is 5. The van der Waals surface area contributed by atoms with Crippen molar-refractivity contribution in [3.63, 3.8) is 0 Å². The van der Waals surface area contributed by atoms with Gasteiger partial charge in [-0.15, -0.1) is 0 Å². The molecular formula is C40H30O24. The molecule has 8 aromatic rings. The smallest absolute Gasteiger partial charge is 0.344 e. The Morgan fingerprint density at radius 1 is 0.500 bits per heavy atom. The molecule has 10 rings (SSSR count). The van der Waals surface area contributed by atoms with Gasteiger partial charge in [0.2, 0.25) is 29.3 Å². The highest BCUT2D eigenvalue weighted by Gasteiger charge is 2.51. The molecule has 64 heavy (non-hydrogen) atoms. The van der Waals surface area contributed by atoms with E-state index in [0.717, 1.165) is 24.3 Å². The van der Waals surface area contributed by atoms with Gasteiger partial charge >= 0.3 is 22.5 Å². The van der Waals surface area contributed by atoms with Crippen LogP contribution in [0.1, 0.15) is 6.92 Å². The van der Waals surface area contributed by atoms with E-state index in [1.165, 1.54) is 6.92 Å². The Morgan fingerprint density at radius 2 is 0.922 bits per heavy atom. The average molecular weight is 895 g/mol. The first-order valence-corrected chi connectivity index (χ1v) is 18.9. The van der Waals surface area contributed by atoms with Crippen molar-refractivity contribution < 1.29 is 97.5 Å². The van der Waals surface area contributed by atoms with Crippen LogP contribution in [0, 0.1) is 0 Å². The number of rotatable bonds is 7. The molecule has 2 aliphatic rings. The molecule has 11 N–H and O–H groups in total. The molecule has 2 aliphatic heterocycles. The Morgan fingerprint density at radius 3 is 1.42 bits per heavy atom. The molecule has 2 fully saturated rings. The van der Waals surface area contributed by atoms with Gasteiger partial charge in [0.05, 0.1) is 27.6 Å². The van der Waals surface area contributed by atoms with Gasteiger partial charge in [-0.2, -0.15) is 0 Å². The highest BCUT2D eigenvalue weighted by Crippen LogP contribution is 2.47. The number of phenolic OH excluding ortho intramolecular Hbond substituents is 6. The van der Waals surface area contributed by atoms with E-state index in [0.29, 0.717) is 0 Å². The van der Waals surface area contributed by atoms with Crippen molar-refractivity contribution in [1.29, 1.82) is 0 Å². The molecule has 0 amide bonds. The van der Waals surface area contributed by atoms with E-state index in [1.807, 2.05) is 0 Å². The molecule has 2 saturated heterocycles. The number of hydrogen-bond donors (Lipinski definition) is 11. The monoisotopic (exact) mass is 894 g/mol. The van der Waals surface area contributed by atoms with Crippen LogP contribution in [0.4, 0.5) is 0 Å². The molecule has 0 radical (unpaired) electrons. The van der Waals surface area contributed by atoms with Crippen LogP contribution in [-0.4, -0.2) is 124 Å². The third kappa shape index (κ3) is 5.78. The van der Waals surface area contributed by atoms with Gasteiger partial charge in [0.25, 0.3) is 0 Å². The minimum absolute atomic E-state index is 0.160. The quantitative estimate of drug-likeness (QED) is 0.0553. The summed E-state index contributed by atoms with van der Waals surface area (Å²) < 4.78 is 49.4. The molecule has 6 heterocycles. The third-order valence-corrected chi connectivity index (χ3v) is 11.5. The molecule has 10 unspecified atom stereocenters. The minimum atomic E-state index is -2.04. The van der Waals surface area contributed by atoms with Gasteiger partial charge in [-0.3, -0.25) is 0 Å². The van der Waals surface area contributed by atoms with Crippen molar-refractivity contribution in [1.82, 2.24) is 0 Å². The number of benzene rings is 4. The van der Waals surface area contributed by atoms with Crippen LogP contribution in [0.3, 0.4) is 0 Å². The molecule has 24 nitrogen and oxygen atoms in total. The predicted octanol–water partition coefficient (Wildman–Crippen LogP) is -0.355. The van der Waals surface area contributed by atoms with Gasteiger partial charge in [-0.1, -0.05) is 0 Å². The van der Waals surface area contributed by atoms with E-state index in [2.05, 4.69) is 0 Å². The molecule has 4 aromatic heterocycles. The van der Waals surface area contributed by atoms with E-state index in [1.54, 1.807) is 0 Å². The van der Waals surface area contributed by atoms with Crippen molar-refractivity contribution in [2.45, 2.75) is 68.3 Å². The second-order valence-electron chi connectivity index (χ2n) is 15.2. The lowest BCUT2D eigenvalue weighted by Crippen LogP contribution is -2.64. The molecule has 4 aromatic carbocycles. The molecule has 10 atom stereocenters. The van der Waals surface area contributed by atoms with E-state index in [4.69, 9.17) is 41.4 Å².